The van der Waals surface area contributed by atoms with Gasteiger partial charge in [-0.15, -0.1) is 0 Å². The number of unbranched alkanes of at least 4 members (excludes halogenated alkanes) is 1. The van der Waals surface area contributed by atoms with E-state index in [-0.39, 0.29) is 12.2 Å². The molecule has 33 heavy (non-hydrogen) atoms. The average molecular weight is 492 g/mol. The van der Waals surface area contributed by atoms with Crippen molar-refractivity contribution < 1.29 is 34.2 Å². The van der Waals surface area contributed by atoms with E-state index in [1.807, 2.05) is 0 Å². The van der Waals surface area contributed by atoms with Crippen molar-refractivity contribution in [1.82, 2.24) is 16.0 Å². The standard InChI is InChI=1S/C20H37N5O7S/c1-3-11(2)16(20(31)32)25-18(29)13(7-8-15(26)27)23-19(30)14(10-33)24-17(28)12(22)6-4-5-9-21/h11-14,16,33H,3-10,21-22H2,1-2H3,(H,23,30)(H,24,28)(H,25,29)(H,26,27)(H,31,32). The van der Waals surface area contributed by atoms with E-state index >= 15 is 0 Å². The van der Waals surface area contributed by atoms with Crippen molar-refractivity contribution in [1.29, 1.82) is 0 Å². The van der Waals surface area contributed by atoms with E-state index in [4.69, 9.17) is 16.6 Å². The number of nitrogens with two attached hydrogens (primary N) is 2. The fourth-order valence-electron chi connectivity index (χ4n) is 2.86. The topological polar surface area (TPSA) is 214 Å². The van der Waals surface area contributed by atoms with Gasteiger partial charge in [0, 0.05) is 12.2 Å². The van der Waals surface area contributed by atoms with Gasteiger partial charge in [-0.05, 0) is 31.7 Å². The number of aliphatic carboxylic acids is 2. The van der Waals surface area contributed by atoms with Crippen LogP contribution in [0.25, 0.3) is 0 Å². The molecule has 0 radical (unpaired) electrons. The molecule has 0 aromatic rings. The van der Waals surface area contributed by atoms with Crippen molar-refractivity contribution in [2.45, 2.75) is 76.5 Å². The van der Waals surface area contributed by atoms with Crippen LogP contribution in [0, 0.1) is 5.92 Å². The molecule has 0 fully saturated rings. The van der Waals surface area contributed by atoms with E-state index in [0.29, 0.717) is 32.2 Å². The zero-order chi connectivity index (χ0) is 25.6. The van der Waals surface area contributed by atoms with Gasteiger partial charge in [-0.3, -0.25) is 19.2 Å². The second-order valence-electron chi connectivity index (χ2n) is 7.84. The van der Waals surface area contributed by atoms with Crippen LogP contribution in [0.4, 0.5) is 0 Å². The number of thiol groups is 1. The van der Waals surface area contributed by atoms with Gasteiger partial charge in [0.25, 0.3) is 0 Å². The van der Waals surface area contributed by atoms with Crippen LogP contribution >= 0.6 is 12.6 Å². The number of carboxylic acids is 2. The van der Waals surface area contributed by atoms with E-state index in [9.17, 15) is 29.1 Å². The zero-order valence-corrected chi connectivity index (χ0v) is 20.0. The van der Waals surface area contributed by atoms with Crippen LogP contribution in [-0.2, 0) is 24.0 Å². The first-order chi connectivity index (χ1) is 15.5. The summed E-state index contributed by atoms with van der Waals surface area (Å²) in [7, 11) is 0. The van der Waals surface area contributed by atoms with Gasteiger partial charge in [0.2, 0.25) is 17.7 Å². The first-order valence-electron chi connectivity index (χ1n) is 10.9. The van der Waals surface area contributed by atoms with E-state index in [2.05, 4.69) is 28.6 Å². The SMILES string of the molecule is CCC(C)C(NC(=O)C(CCC(=O)O)NC(=O)C(CS)NC(=O)C(N)CCCCN)C(=O)O. The predicted octanol–water partition coefficient (Wildman–Crippen LogP) is -1.18. The molecule has 12 nitrogen and oxygen atoms in total. The van der Waals surface area contributed by atoms with Gasteiger partial charge < -0.3 is 37.6 Å². The molecule has 0 aromatic carbocycles. The predicted molar refractivity (Wildman–Crippen MR) is 124 cm³/mol. The van der Waals surface area contributed by atoms with Crippen LogP contribution in [0.2, 0.25) is 0 Å². The van der Waals surface area contributed by atoms with Crippen LogP contribution in [0.5, 0.6) is 0 Å². The number of hydrogen-bond donors (Lipinski definition) is 8. The third-order valence-corrected chi connectivity index (χ3v) is 5.54. The Labute approximate surface area is 199 Å². The van der Waals surface area contributed by atoms with Crippen molar-refractivity contribution in [2.24, 2.45) is 17.4 Å². The maximum Gasteiger partial charge on any atom is 0.326 e. The highest BCUT2D eigenvalue weighted by atomic mass is 32.1. The molecular formula is C20H37N5O7S. The number of carboxylic acid groups (broad SMARTS) is 2. The molecule has 0 rings (SSSR count). The summed E-state index contributed by atoms with van der Waals surface area (Å²) in [6, 6.07) is -4.52. The van der Waals surface area contributed by atoms with Gasteiger partial charge in [0.15, 0.2) is 0 Å². The fraction of sp³-hybridized carbons (Fsp3) is 0.750. The highest BCUT2D eigenvalue weighted by Gasteiger charge is 2.31. The molecule has 9 N–H and O–H groups in total. The third kappa shape index (κ3) is 11.9. The lowest BCUT2D eigenvalue weighted by atomic mass is 9.98. The molecule has 0 spiro atoms. The first kappa shape index (κ1) is 30.6. The molecule has 0 aliphatic rings. The van der Waals surface area contributed by atoms with Gasteiger partial charge >= 0.3 is 11.9 Å². The number of carbonyl (C=O) groups is 5. The summed E-state index contributed by atoms with van der Waals surface area (Å²) in [5.41, 5.74) is 11.2. The molecule has 0 saturated carbocycles. The zero-order valence-electron chi connectivity index (χ0n) is 19.1. The van der Waals surface area contributed by atoms with Crippen LogP contribution in [-0.4, -0.2) is 76.3 Å². The van der Waals surface area contributed by atoms with Crippen molar-refractivity contribution >= 4 is 42.3 Å². The van der Waals surface area contributed by atoms with Crippen LogP contribution < -0.4 is 27.4 Å². The number of rotatable bonds is 17. The number of carbonyl (C=O) groups excluding carboxylic acids is 3. The van der Waals surface area contributed by atoms with Crippen molar-refractivity contribution in [2.75, 3.05) is 12.3 Å². The van der Waals surface area contributed by atoms with Gasteiger partial charge in [-0.25, -0.2) is 4.79 Å². The number of nitrogens with one attached hydrogen (secondary N) is 3. The lowest BCUT2D eigenvalue weighted by Crippen LogP contribution is -2.58. The Hall–Kier alpha value is -2.38. The quantitative estimate of drug-likeness (QED) is 0.0906. The normalized spacial score (nSPS) is 15.4. The molecule has 0 aliphatic heterocycles. The lowest BCUT2D eigenvalue weighted by Gasteiger charge is -2.26. The molecule has 3 amide bonds. The Kier molecular flexibility index (Phi) is 15.1. The molecule has 0 bridgehead atoms. The summed E-state index contributed by atoms with van der Waals surface area (Å²) in [4.78, 5) is 60.1. The van der Waals surface area contributed by atoms with Gasteiger partial charge in [-0.1, -0.05) is 26.7 Å². The van der Waals surface area contributed by atoms with Gasteiger partial charge in [-0.2, -0.15) is 12.6 Å². The Morgan fingerprint density at radius 1 is 0.909 bits per heavy atom. The Morgan fingerprint density at radius 3 is 1.97 bits per heavy atom. The van der Waals surface area contributed by atoms with Crippen molar-refractivity contribution in [3.8, 4) is 0 Å². The maximum atomic E-state index is 12.7. The van der Waals surface area contributed by atoms with Crippen LogP contribution in [0.1, 0.15) is 52.4 Å². The molecule has 0 heterocycles. The fourth-order valence-corrected chi connectivity index (χ4v) is 3.12. The lowest BCUT2D eigenvalue weighted by molar-refractivity contribution is -0.144. The molecule has 0 aromatic heterocycles. The largest absolute Gasteiger partial charge is 0.481 e. The van der Waals surface area contributed by atoms with E-state index < -0.39 is 66.2 Å². The smallest absolute Gasteiger partial charge is 0.326 e. The van der Waals surface area contributed by atoms with E-state index in [1.54, 1.807) is 13.8 Å². The highest BCUT2D eigenvalue weighted by molar-refractivity contribution is 7.80. The second-order valence-corrected chi connectivity index (χ2v) is 8.20. The third-order valence-electron chi connectivity index (χ3n) is 5.18. The molecule has 5 atom stereocenters. The molecule has 0 saturated heterocycles. The highest BCUT2D eigenvalue weighted by Crippen LogP contribution is 2.09. The molecule has 190 valence electrons. The Bertz CT molecular complexity index is 679. The van der Waals surface area contributed by atoms with Crippen LogP contribution in [0.3, 0.4) is 0 Å². The van der Waals surface area contributed by atoms with Crippen molar-refractivity contribution in [3.05, 3.63) is 0 Å². The van der Waals surface area contributed by atoms with E-state index in [1.165, 1.54) is 0 Å². The van der Waals surface area contributed by atoms with Gasteiger partial charge in [0.05, 0.1) is 6.04 Å². The molecule has 0 aliphatic carbocycles. The van der Waals surface area contributed by atoms with Crippen LogP contribution in [0.15, 0.2) is 0 Å². The summed E-state index contributed by atoms with van der Waals surface area (Å²) < 4.78 is 0. The Morgan fingerprint density at radius 2 is 1.48 bits per heavy atom. The summed E-state index contributed by atoms with van der Waals surface area (Å²) >= 11 is 4.06. The monoisotopic (exact) mass is 491 g/mol. The molecule has 13 heteroatoms. The number of hydrogen-bond acceptors (Lipinski definition) is 8. The maximum absolute atomic E-state index is 12.7. The van der Waals surface area contributed by atoms with Crippen molar-refractivity contribution in [3.63, 3.8) is 0 Å². The molecular weight excluding hydrogens is 454 g/mol. The minimum absolute atomic E-state index is 0.106. The van der Waals surface area contributed by atoms with Gasteiger partial charge in [0.1, 0.15) is 18.1 Å². The Balaban J connectivity index is 5.29. The average Bonchev–Trinajstić information content (AvgIpc) is 2.76. The second kappa shape index (κ2) is 16.3. The molecule has 5 unspecified atom stereocenters. The summed E-state index contributed by atoms with van der Waals surface area (Å²) in [5, 5.41) is 25.6. The summed E-state index contributed by atoms with van der Waals surface area (Å²) in [5.74, 6) is -5.12. The summed E-state index contributed by atoms with van der Waals surface area (Å²) in [6.07, 6.45) is 1.48. The minimum atomic E-state index is -1.32. The first-order valence-corrected chi connectivity index (χ1v) is 11.5. The van der Waals surface area contributed by atoms with E-state index in [0.717, 1.165) is 0 Å². The number of amides is 3. The summed E-state index contributed by atoms with van der Waals surface area (Å²) in [6.45, 7) is 3.87. The minimum Gasteiger partial charge on any atom is -0.481 e.